The van der Waals surface area contributed by atoms with Crippen LogP contribution < -0.4 is 0 Å². The van der Waals surface area contributed by atoms with Crippen molar-refractivity contribution < 1.29 is 0 Å². The Kier molecular flexibility index (Phi) is 9.66. The lowest BCUT2D eigenvalue weighted by molar-refractivity contribution is 0.339. The van der Waals surface area contributed by atoms with Crippen molar-refractivity contribution in [3.8, 4) is 5.69 Å². The number of benzene rings is 8. The summed E-state index contributed by atoms with van der Waals surface area (Å²) in [7, 11) is 4.01. The first-order chi connectivity index (χ1) is 31.4. The molecule has 3 aromatic heterocycles. The molecule has 11 rings (SSSR count). The summed E-state index contributed by atoms with van der Waals surface area (Å²) in [6.45, 7) is 0.326. The standard InChI is InChI=1S/C55H42N8S/c1-60(54(38-22-10-5-11-23-38)58-52(56)36-18-6-3-7-19-36)35-61(2)55(59-53(57)37-20-8-4-9-21-37)63-47-28-16-13-25-41(47)45-33-32-44-40-24-12-15-27-46(40)62(50(44)51(45)63)39-30-31-43-42-26-14-17-29-48(42)64-49(43)34-39/h3-34,56-57H,35H2,1-2H3/b56-52?,57-53?,58-54-,59-55+. The van der Waals surface area contributed by atoms with Crippen LogP contribution in [0.4, 0.5) is 0 Å². The summed E-state index contributed by atoms with van der Waals surface area (Å²) >= 11 is 1.82. The number of thiophene rings is 1. The Morgan fingerprint density at radius 1 is 0.469 bits per heavy atom. The fourth-order valence-corrected chi connectivity index (χ4v) is 10.2. The van der Waals surface area contributed by atoms with Crippen LogP contribution in [-0.2, 0) is 0 Å². The largest absolute Gasteiger partial charge is 0.341 e. The first kappa shape index (κ1) is 38.8. The van der Waals surface area contributed by atoms with E-state index in [1.54, 1.807) is 0 Å². The van der Waals surface area contributed by atoms with Crippen molar-refractivity contribution >= 4 is 98.6 Å². The van der Waals surface area contributed by atoms with E-state index in [-0.39, 0.29) is 11.7 Å². The van der Waals surface area contributed by atoms with Gasteiger partial charge in [-0.1, -0.05) is 164 Å². The number of aromatic nitrogens is 2. The van der Waals surface area contributed by atoms with Crippen LogP contribution in [0.2, 0.25) is 0 Å². The second-order valence-corrected chi connectivity index (χ2v) is 17.1. The Balaban J connectivity index is 1.16. The van der Waals surface area contributed by atoms with Gasteiger partial charge in [0.1, 0.15) is 5.84 Å². The summed E-state index contributed by atoms with van der Waals surface area (Å²) in [6, 6.07) is 66.4. The normalized spacial score (nSPS) is 12.3. The van der Waals surface area contributed by atoms with Crippen LogP contribution in [0.5, 0.6) is 0 Å². The molecule has 2 N–H and O–H groups in total. The van der Waals surface area contributed by atoms with Gasteiger partial charge in [0.2, 0.25) is 5.96 Å². The van der Waals surface area contributed by atoms with Gasteiger partial charge in [-0.3, -0.25) is 15.4 Å². The van der Waals surface area contributed by atoms with Crippen LogP contribution in [-0.4, -0.2) is 63.2 Å². The Bertz CT molecular complexity index is 3660. The van der Waals surface area contributed by atoms with E-state index in [2.05, 4.69) is 122 Å². The maximum Gasteiger partial charge on any atom is 0.213 e. The minimum atomic E-state index is 0.141. The van der Waals surface area contributed by atoms with Gasteiger partial charge in [0.25, 0.3) is 0 Å². The summed E-state index contributed by atoms with van der Waals surface area (Å²) < 4.78 is 7.16. The van der Waals surface area contributed by atoms with Crippen LogP contribution in [0.1, 0.15) is 16.7 Å². The number of hydrogen-bond donors (Lipinski definition) is 2. The van der Waals surface area contributed by atoms with Gasteiger partial charge in [0, 0.05) is 78.2 Å². The topological polar surface area (TPSA) is 88.8 Å². The van der Waals surface area contributed by atoms with Gasteiger partial charge in [-0.25, -0.2) is 4.99 Å². The highest BCUT2D eigenvalue weighted by atomic mass is 32.1. The Hall–Kier alpha value is -8.14. The molecule has 0 bridgehead atoms. The minimum Gasteiger partial charge on any atom is -0.341 e. The van der Waals surface area contributed by atoms with Gasteiger partial charge in [0.05, 0.1) is 28.7 Å². The highest BCUT2D eigenvalue weighted by molar-refractivity contribution is 7.25. The summed E-state index contributed by atoms with van der Waals surface area (Å²) in [4.78, 5) is 14.4. The minimum absolute atomic E-state index is 0.141. The zero-order valence-corrected chi connectivity index (χ0v) is 36.1. The maximum absolute atomic E-state index is 9.51. The number of fused-ring (bicyclic) bond motifs is 10. The van der Waals surface area contributed by atoms with Gasteiger partial charge < -0.3 is 14.4 Å². The van der Waals surface area contributed by atoms with Gasteiger partial charge in [-0.2, -0.15) is 4.99 Å². The van der Waals surface area contributed by atoms with E-state index in [4.69, 9.17) is 15.4 Å². The molecular formula is C55H42N8S. The molecule has 0 radical (unpaired) electrons. The Morgan fingerprint density at radius 2 is 0.969 bits per heavy atom. The molecular weight excluding hydrogens is 805 g/mol. The molecule has 8 aromatic carbocycles. The van der Waals surface area contributed by atoms with E-state index in [1.807, 2.05) is 116 Å². The molecule has 3 heterocycles. The van der Waals surface area contributed by atoms with Crippen molar-refractivity contribution in [1.82, 2.24) is 18.9 Å². The van der Waals surface area contributed by atoms with Crippen molar-refractivity contribution in [2.75, 3.05) is 20.8 Å². The SMILES string of the molecule is CN(CN(C)/C(=N\C(=N)c1ccccc1)n1c2ccccc2c2ccc3c4ccccc4n(-c4ccc5c(c4)sc4ccccc45)c3c21)/C(=N\C(=N)c1ccccc1)c1ccccc1. The third-order valence-electron chi connectivity index (χ3n) is 12.0. The number of nitrogens with one attached hydrogen (secondary N) is 2. The van der Waals surface area contributed by atoms with E-state index in [1.165, 1.54) is 20.2 Å². The van der Waals surface area contributed by atoms with Crippen LogP contribution in [0.15, 0.2) is 204 Å². The molecule has 0 saturated heterocycles. The second-order valence-electron chi connectivity index (χ2n) is 16.0. The molecule has 11 aromatic rings. The van der Waals surface area contributed by atoms with Crippen LogP contribution in [0.25, 0.3) is 69.5 Å². The molecule has 308 valence electrons. The fourth-order valence-electron chi connectivity index (χ4n) is 9.07. The average Bonchev–Trinajstić information content (AvgIpc) is 4.00. The molecule has 0 aliphatic carbocycles. The summed E-state index contributed by atoms with van der Waals surface area (Å²) in [6.07, 6.45) is 0. The van der Waals surface area contributed by atoms with Crippen molar-refractivity contribution in [1.29, 1.82) is 10.8 Å². The zero-order chi connectivity index (χ0) is 43.3. The van der Waals surface area contributed by atoms with Gasteiger partial charge >= 0.3 is 0 Å². The molecule has 0 unspecified atom stereocenters. The van der Waals surface area contributed by atoms with Gasteiger partial charge in [0.15, 0.2) is 11.7 Å². The highest BCUT2D eigenvalue weighted by Gasteiger charge is 2.26. The predicted octanol–water partition coefficient (Wildman–Crippen LogP) is 12.8. The molecule has 0 spiro atoms. The third kappa shape index (κ3) is 6.61. The molecule has 0 atom stereocenters. The lowest BCUT2D eigenvalue weighted by Crippen LogP contribution is -2.43. The molecule has 8 nitrogen and oxygen atoms in total. The van der Waals surface area contributed by atoms with Gasteiger partial charge in [-0.05, 0) is 30.3 Å². The quantitative estimate of drug-likeness (QED) is 0.0992. The van der Waals surface area contributed by atoms with E-state index in [9.17, 15) is 5.41 Å². The number of nitrogens with zero attached hydrogens (tertiary/aromatic N) is 6. The number of para-hydroxylation sites is 2. The van der Waals surface area contributed by atoms with Crippen molar-refractivity contribution in [3.05, 3.63) is 211 Å². The summed E-state index contributed by atoms with van der Waals surface area (Å²) in [5.41, 5.74) is 7.51. The number of amidine groups is 3. The van der Waals surface area contributed by atoms with E-state index in [0.29, 0.717) is 24.0 Å². The first-order valence-electron chi connectivity index (χ1n) is 21.2. The van der Waals surface area contributed by atoms with Crippen LogP contribution in [0, 0.1) is 10.8 Å². The van der Waals surface area contributed by atoms with Crippen LogP contribution >= 0.6 is 11.3 Å². The molecule has 0 amide bonds. The summed E-state index contributed by atoms with van der Waals surface area (Å²) in [5, 5.41) is 25.5. The molecule has 0 saturated carbocycles. The van der Waals surface area contributed by atoms with Gasteiger partial charge in [-0.15, -0.1) is 11.3 Å². The number of hydrogen-bond acceptors (Lipinski definition) is 3. The Morgan fingerprint density at radius 3 is 1.64 bits per heavy atom. The molecule has 0 aliphatic rings. The Labute approximate surface area is 373 Å². The molecule has 64 heavy (non-hydrogen) atoms. The number of rotatable bonds is 6. The number of aliphatic imine (C=N–C) groups is 2. The lowest BCUT2D eigenvalue weighted by Gasteiger charge is -2.30. The fraction of sp³-hybridized carbons (Fsp3) is 0.0545. The monoisotopic (exact) mass is 846 g/mol. The smallest absolute Gasteiger partial charge is 0.213 e. The average molecular weight is 847 g/mol. The highest BCUT2D eigenvalue weighted by Crippen LogP contribution is 2.42. The van der Waals surface area contributed by atoms with Crippen molar-refractivity contribution in [2.24, 2.45) is 9.98 Å². The van der Waals surface area contributed by atoms with E-state index < -0.39 is 0 Å². The molecule has 0 aliphatic heterocycles. The van der Waals surface area contributed by atoms with Crippen molar-refractivity contribution in [2.45, 2.75) is 0 Å². The third-order valence-corrected chi connectivity index (χ3v) is 13.1. The van der Waals surface area contributed by atoms with E-state index >= 15 is 0 Å². The first-order valence-corrected chi connectivity index (χ1v) is 22.0. The summed E-state index contributed by atoms with van der Waals surface area (Å²) in [5.74, 6) is 1.52. The molecule has 9 heteroatoms. The maximum atomic E-state index is 9.51. The van der Waals surface area contributed by atoms with Crippen LogP contribution in [0.3, 0.4) is 0 Å². The zero-order valence-electron chi connectivity index (χ0n) is 35.3. The lowest BCUT2D eigenvalue weighted by atomic mass is 10.1. The van der Waals surface area contributed by atoms with Crippen molar-refractivity contribution in [3.63, 3.8) is 0 Å². The second kappa shape index (κ2) is 16.0. The molecule has 0 fully saturated rings. The predicted molar refractivity (Wildman–Crippen MR) is 269 cm³/mol. The van der Waals surface area contributed by atoms with E-state index in [0.717, 1.165) is 60.4 Å².